The van der Waals surface area contributed by atoms with Gasteiger partial charge in [-0.25, -0.2) is 0 Å². The first-order valence-corrected chi connectivity index (χ1v) is 6.28. The van der Waals surface area contributed by atoms with Crippen molar-refractivity contribution in [1.82, 2.24) is 15.5 Å². The molecule has 16 heavy (non-hydrogen) atoms. The van der Waals surface area contributed by atoms with Gasteiger partial charge in [0.15, 0.2) is 0 Å². The Labute approximate surface area is 97.6 Å². The van der Waals surface area contributed by atoms with Gasteiger partial charge in [0.2, 0.25) is 11.8 Å². The second kappa shape index (κ2) is 5.31. The lowest BCUT2D eigenvalue weighted by molar-refractivity contribution is -0.113. The van der Waals surface area contributed by atoms with Crippen molar-refractivity contribution in [2.75, 3.05) is 29.9 Å². The van der Waals surface area contributed by atoms with Crippen LogP contribution in [-0.4, -0.2) is 40.7 Å². The average molecular weight is 242 g/mol. The van der Waals surface area contributed by atoms with E-state index in [-0.39, 0.29) is 11.9 Å². The molecular formula is C9H14N4O2S. The van der Waals surface area contributed by atoms with E-state index < -0.39 is 0 Å². The fourth-order valence-electron chi connectivity index (χ4n) is 1.29. The van der Waals surface area contributed by atoms with E-state index in [2.05, 4.69) is 20.8 Å². The van der Waals surface area contributed by atoms with Crippen LogP contribution < -0.4 is 10.6 Å². The Balaban J connectivity index is 1.63. The Morgan fingerprint density at radius 1 is 1.62 bits per heavy atom. The van der Waals surface area contributed by atoms with E-state index in [9.17, 15) is 4.79 Å². The zero-order chi connectivity index (χ0) is 11.4. The lowest BCUT2D eigenvalue weighted by Gasteiger charge is -2.26. The number of aryl methyl sites for hydroxylation is 1. The van der Waals surface area contributed by atoms with E-state index in [4.69, 9.17) is 4.42 Å². The summed E-state index contributed by atoms with van der Waals surface area (Å²) in [5.74, 6) is 2.51. The van der Waals surface area contributed by atoms with Gasteiger partial charge in [-0.15, -0.1) is 5.10 Å². The number of amides is 1. The summed E-state index contributed by atoms with van der Waals surface area (Å²) >= 11 is 1.63. The van der Waals surface area contributed by atoms with E-state index in [1.54, 1.807) is 18.7 Å². The minimum atomic E-state index is -0.0964. The third kappa shape index (κ3) is 3.21. The maximum atomic E-state index is 11.4. The molecule has 7 heteroatoms. The number of nitrogens with zero attached hydrogens (tertiary/aromatic N) is 2. The molecule has 1 aliphatic rings. The topological polar surface area (TPSA) is 80.0 Å². The molecule has 0 aromatic carbocycles. The van der Waals surface area contributed by atoms with Crippen LogP contribution in [0, 0.1) is 12.8 Å². The van der Waals surface area contributed by atoms with Crippen LogP contribution in [0.15, 0.2) is 4.42 Å². The van der Waals surface area contributed by atoms with Gasteiger partial charge in [-0.05, 0) is 24.8 Å². The number of hydrogen-bond donors (Lipinski definition) is 2. The Kier molecular flexibility index (Phi) is 3.79. The highest BCUT2D eigenvalue weighted by Gasteiger charge is 2.17. The number of nitrogens with one attached hydrogen (secondary N) is 2. The molecule has 2 heterocycles. The SMILES string of the molecule is Cc1nnc(NC(=O)CSCC2CNC2)o1. The van der Waals surface area contributed by atoms with E-state index in [0.29, 0.717) is 17.6 Å². The number of aromatic nitrogens is 2. The fourth-order valence-corrected chi connectivity index (χ4v) is 2.23. The van der Waals surface area contributed by atoms with Gasteiger partial charge in [0.1, 0.15) is 0 Å². The predicted molar refractivity (Wildman–Crippen MR) is 61.3 cm³/mol. The smallest absolute Gasteiger partial charge is 0.322 e. The van der Waals surface area contributed by atoms with E-state index >= 15 is 0 Å². The first kappa shape index (κ1) is 11.4. The third-order valence-electron chi connectivity index (χ3n) is 2.23. The Hall–Kier alpha value is -1.08. The highest BCUT2D eigenvalue weighted by atomic mass is 32.2. The average Bonchev–Trinajstić information content (AvgIpc) is 2.56. The number of carbonyl (C=O) groups is 1. The molecule has 0 unspecified atom stereocenters. The molecule has 1 aliphatic heterocycles. The van der Waals surface area contributed by atoms with Gasteiger partial charge < -0.3 is 9.73 Å². The monoisotopic (exact) mass is 242 g/mol. The van der Waals surface area contributed by atoms with E-state index in [1.807, 2.05) is 0 Å². The molecule has 0 spiro atoms. The van der Waals surface area contributed by atoms with Crippen molar-refractivity contribution < 1.29 is 9.21 Å². The first-order valence-electron chi connectivity index (χ1n) is 5.12. The van der Waals surface area contributed by atoms with Crippen LogP contribution in [0.2, 0.25) is 0 Å². The first-order chi connectivity index (χ1) is 7.74. The van der Waals surface area contributed by atoms with Crippen LogP contribution in [-0.2, 0) is 4.79 Å². The maximum absolute atomic E-state index is 11.4. The van der Waals surface area contributed by atoms with E-state index in [0.717, 1.165) is 18.8 Å². The Bertz CT molecular complexity index is 364. The van der Waals surface area contributed by atoms with Gasteiger partial charge in [-0.1, -0.05) is 5.10 Å². The molecule has 2 N–H and O–H groups in total. The van der Waals surface area contributed by atoms with Gasteiger partial charge in [-0.3, -0.25) is 10.1 Å². The standard InChI is InChI=1S/C9H14N4O2S/c1-6-12-13-9(15-6)11-8(14)5-16-4-7-2-10-3-7/h7,10H,2-5H2,1H3,(H,11,13,14). The summed E-state index contributed by atoms with van der Waals surface area (Å²) < 4.78 is 5.04. The molecule has 1 aromatic rings. The van der Waals surface area contributed by atoms with Crippen LogP contribution in [0.3, 0.4) is 0 Å². The lowest BCUT2D eigenvalue weighted by atomic mass is 10.1. The molecule has 1 fully saturated rings. The number of anilines is 1. The lowest BCUT2D eigenvalue weighted by Crippen LogP contribution is -2.43. The summed E-state index contributed by atoms with van der Waals surface area (Å²) in [7, 11) is 0. The second-order valence-electron chi connectivity index (χ2n) is 3.71. The number of thioether (sulfide) groups is 1. The molecular weight excluding hydrogens is 228 g/mol. The van der Waals surface area contributed by atoms with Crippen molar-refractivity contribution >= 4 is 23.7 Å². The summed E-state index contributed by atoms with van der Waals surface area (Å²) in [6, 6.07) is 0.174. The van der Waals surface area contributed by atoms with Crippen LogP contribution in [0.25, 0.3) is 0 Å². The Morgan fingerprint density at radius 3 is 3.00 bits per heavy atom. The molecule has 0 aliphatic carbocycles. The number of hydrogen-bond acceptors (Lipinski definition) is 6. The minimum absolute atomic E-state index is 0.0964. The number of carbonyl (C=O) groups excluding carboxylic acids is 1. The molecule has 0 bridgehead atoms. The van der Waals surface area contributed by atoms with Crippen molar-refractivity contribution in [2.24, 2.45) is 5.92 Å². The normalized spacial score (nSPS) is 15.8. The molecule has 0 radical (unpaired) electrons. The van der Waals surface area contributed by atoms with Crippen LogP contribution in [0.5, 0.6) is 0 Å². The quantitative estimate of drug-likeness (QED) is 0.771. The van der Waals surface area contributed by atoms with Gasteiger partial charge in [0, 0.05) is 6.92 Å². The largest absolute Gasteiger partial charge is 0.408 e. The van der Waals surface area contributed by atoms with Gasteiger partial charge in [0.25, 0.3) is 0 Å². The van der Waals surface area contributed by atoms with Gasteiger partial charge in [0.05, 0.1) is 5.75 Å². The summed E-state index contributed by atoms with van der Waals surface area (Å²) in [5.41, 5.74) is 0. The molecule has 6 nitrogen and oxygen atoms in total. The summed E-state index contributed by atoms with van der Waals surface area (Å²) in [4.78, 5) is 11.4. The molecule has 2 rings (SSSR count). The Morgan fingerprint density at radius 2 is 2.44 bits per heavy atom. The third-order valence-corrected chi connectivity index (χ3v) is 3.40. The zero-order valence-corrected chi connectivity index (χ0v) is 9.84. The minimum Gasteiger partial charge on any atom is -0.408 e. The van der Waals surface area contributed by atoms with Crippen molar-refractivity contribution in [1.29, 1.82) is 0 Å². The van der Waals surface area contributed by atoms with Crippen LogP contribution in [0.4, 0.5) is 6.01 Å². The van der Waals surface area contributed by atoms with Crippen LogP contribution >= 0.6 is 11.8 Å². The van der Waals surface area contributed by atoms with Crippen molar-refractivity contribution in [3.8, 4) is 0 Å². The summed E-state index contributed by atoms with van der Waals surface area (Å²) in [6.07, 6.45) is 0. The molecule has 1 aromatic heterocycles. The molecule has 0 saturated carbocycles. The zero-order valence-electron chi connectivity index (χ0n) is 9.02. The number of rotatable bonds is 5. The van der Waals surface area contributed by atoms with Crippen molar-refractivity contribution in [2.45, 2.75) is 6.92 Å². The van der Waals surface area contributed by atoms with Crippen molar-refractivity contribution in [3.05, 3.63) is 5.89 Å². The van der Waals surface area contributed by atoms with E-state index in [1.165, 1.54) is 0 Å². The van der Waals surface area contributed by atoms with Gasteiger partial charge in [-0.2, -0.15) is 11.8 Å². The fraction of sp³-hybridized carbons (Fsp3) is 0.667. The highest BCUT2D eigenvalue weighted by Crippen LogP contribution is 2.12. The molecule has 1 saturated heterocycles. The summed E-state index contributed by atoms with van der Waals surface area (Å²) in [6.45, 7) is 3.82. The van der Waals surface area contributed by atoms with Gasteiger partial charge >= 0.3 is 6.01 Å². The predicted octanol–water partition coefficient (Wildman–Crippen LogP) is 0.269. The highest BCUT2D eigenvalue weighted by molar-refractivity contribution is 7.99. The second-order valence-corrected chi connectivity index (χ2v) is 4.74. The molecule has 0 atom stereocenters. The summed E-state index contributed by atoms with van der Waals surface area (Å²) in [5, 5.41) is 13.1. The van der Waals surface area contributed by atoms with Crippen LogP contribution in [0.1, 0.15) is 5.89 Å². The maximum Gasteiger partial charge on any atom is 0.322 e. The van der Waals surface area contributed by atoms with Crippen molar-refractivity contribution in [3.63, 3.8) is 0 Å². The molecule has 88 valence electrons. The molecule has 1 amide bonds.